The molecule has 0 saturated heterocycles. The second kappa shape index (κ2) is 6.05. The van der Waals surface area contributed by atoms with E-state index in [2.05, 4.69) is 12.2 Å². The molecule has 4 heteroatoms. The highest BCUT2D eigenvalue weighted by molar-refractivity contribution is 5.79. The molecule has 1 amide bonds. The Morgan fingerprint density at radius 1 is 1.67 bits per heavy atom. The Morgan fingerprint density at radius 2 is 2.50 bits per heavy atom. The number of carbonyl (C=O) groups is 1. The zero-order valence-electron chi connectivity index (χ0n) is 10.9. The molecule has 1 aliphatic carbocycles. The van der Waals surface area contributed by atoms with Gasteiger partial charge in [0.05, 0.1) is 18.2 Å². The summed E-state index contributed by atoms with van der Waals surface area (Å²) in [6, 6.07) is 2.07. The summed E-state index contributed by atoms with van der Waals surface area (Å²) in [5.41, 5.74) is 6.80. The Kier molecular flexibility index (Phi) is 4.42. The van der Waals surface area contributed by atoms with Gasteiger partial charge in [-0.2, -0.15) is 0 Å². The van der Waals surface area contributed by atoms with Crippen molar-refractivity contribution in [1.82, 2.24) is 5.32 Å². The molecule has 0 radical (unpaired) electrons. The number of hydrogen-bond acceptors (Lipinski definition) is 3. The summed E-state index contributed by atoms with van der Waals surface area (Å²) in [5, 5.41) is 3.12. The molecule has 0 aromatic carbocycles. The fraction of sp³-hybridized carbons (Fsp3) is 0.643. The van der Waals surface area contributed by atoms with Crippen LogP contribution in [0.15, 0.2) is 16.7 Å². The van der Waals surface area contributed by atoms with E-state index >= 15 is 0 Å². The summed E-state index contributed by atoms with van der Waals surface area (Å²) in [4.78, 5) is 12.1. The van der Waals surface area contributed by atoms with Crippen molar-refractivity contribution in [1.29, 1.82) is 0 Å². The average molecular weight is 250 g/mol. The van der Waals surface area contributed by atoms with Crippen LogP contribution >= 0.6 is 0 Å². The second-order valence-corrected chi connectivity index (χ2v) is 4.97. The van der Waals surface area contributed by atoms with E-state index < -0.39 is 0 Å². The maximum Gasteiger partial charge on any atom is 0.224 e. The summed E-state index contributed by atoms with van der Waals surface area (Å²) in [7, 11) is 0. The normalized spacial score (nSPS) is 20.2. The highest BCUT2D eigenvalue weighted by atomic mass is 16.3. The van der Waals surface area contributed by atoms with Gasteiger partial charge in [0.2, 0.25) is 5.91 Å². The van der Waals surface area contributed by atoms with Gasteiger partial charge >= 0.3 is 0 Å². The maximum atomic E-state index is 12.1. The van der Waals surface area contributed by atoms with Crippen LogP contribution in [0.25, 0.3) is 0 Å². The molecular formula is C14H22N2O2. The molecule has 2 unspecified atom stereocenters. The van der Waals surface area contributed by atoms with Gasteiger partial charge in [-0.25, -0.2) is 0 Å². The van der Waals surface area contributed by atoms with Crippen LogP contribution in [-0.4, -0.2) is 12.5 Å². The van der Waals surface area contributed by atoms with Gasteiger partial charge in [-0.1, -0.05) is 13.3 Å². The second-order valence-electron chi connectivity index (χ2n) is 4.97. The highest BCUT2D eigenvalue weighted by Gasteiger charge is 2.26. The first-order chi connectivity index (χ1) is 8.76. The summed E-state index contributed by atoms with van der Waals surface area (Å²) < 4.78 is 5.43. The number of carbonyl (C=O) groups excluding carboxylic acids is 1. The molecule has 18 heavy (non-hydrogen) atoms. The van der Waals surface area contributed by atoms with E-state index in [0.29, 0.717) is 6.54 Å². The largest absolute Gasteiger partial charge is 0.469 e. The van der Waals surface area contributed by atoms with Gasteiger partial charge in [-0.05, 0) is 25.3 Å². The van der Waals surface area contributed by atoms with Crippen molar-refractivity contribution in [2.45, 2.75) is 45.1 Å². The van der Waals surface area contributed by atoms with Gasteiger partial charge in [-0.3, -0.25) is 4.79 Å². The quantitative estimate of drug-likeness (QED) is 0.841. The van der Waals surface area contributed by atoms with E-state index in [0.717, 1.165) is 43.4 Å². The third-order valence-corrected chi connectivity index (χ3v) is 3.66. The predicted octanol–water partition coefficient (Wildman–Crippen LogP) is 2.15. The Balaban J connectivity index is 2.00. The molecular weight excluding hydrogens is 228 g/mol. The molecule has 4 nitrogen and oxygen atoms in total. The van der Waals surface area contributed by atoms with Crippen molar-refractivity contribution in [3.05, 3.63) is 23.7 Å². The van der Waals surface area contributed by atoms with Gasteiger partial charge in [0.25, 0.3) is 0 Å². The van der Waals surface area contributed by atoms with Crippen molar-refractivity contribution in [3.8, 4) is 0 Å². The number of furan rings is 1. The third-order valence-electron chi connectivity index (χ3n) is 3.66. The lowest BCUT2D eigenvalue weighted by molar-refractivity contribution is -0.125. The Morgan fingerprint density at radius 3 is 3.22 bits per heavy atom. The monoisotopic (exact) mass is 250 g/mol. The minimum Gasteiger partial charge on any atom is -0.469 e. The number of rotatable bonds is 5. The lowest BCUT2D eigenvalue weighted by atomic mass is 9.92. The fourth-order valence-corrected chi connectivity index (χ4v) is 2.63. The topological polar surface area (TPSA) is 68.3 Å². The average Bonchev–Trinajstić information content (AvgIpc) is 2.85. The number of nitrogens with one attached hydrogen (secondary N) is 1. The molecule has 2 rings (SSSR count). The van der Waals surface area contributed by atoms with E-state index in [9.17, 15) is 4.79 Å². The molecule has 0 bridgehead atoms. The van der Waals surface area contributed by atoms with Crippen molar-refractivity contribution >= 4 is 5.91 Å². The van der Waals surface area contributed by atoms with Gasteiger partial charge in [0.1, 0.15) is 5.76 Å². The van der Waals surface area contributed by atoms with Crippen LogP contribution in [0.2, 0.25) is 0 Å². The van der Waals surface area contributed by atoms with Crippen molar-refractivity contribution in [2.24, 2.45) is 11.7 Å². The van der Waals surface area contributed by atoms with E-state index in [1.165, 1.54) is 0 Å². The maximum absolute atomic E-state index is 12.1. The molecule has 0 spiro atoms. The summed E-state index contributed by atoms with van der Waals surface area (Å²) in [5.74, 6) is 1.04. The zero-order valence-corrected chi connectivity index (χ0v) is 10.9. The summed E-state index contributed by atoms with van der Waals surface area (Å²) in [6.07, 6.45) is 6.57. The van der Waals surface area contributed by atoms with Crippen LogP contribution in [0.1, 0.15) is 50.0 Å². The van der Waals surface area contributed by atoms with E-state index in [-0.39, 0.29) is 17.9 Å². The van der Waals surface area contributed by atoms with Crippen LogP contribution in [0.4, 0.5) is 0 Å². The van der Waals surface area contributed by atoms with E-state index in [1.54, 1.807) is 6.26 Å². The van der Waals surface area contributed by atoms with E-state index in [1.807, 2.05) is 6.07 Å². The lowest BCUT2D eigenvalue weighted by Gasteiger charge is -2.25. The number of amides is 1. The number of aryl methyl sites for hydroxylation is 1. The molecule has 1 heterocycles. The molecule has 3 N–H and O–H groups in total. The first-order valence-corrected chi connectivity index (χ1v) is 6.83. The predicted molar refractivity (Wildman–Crippen MR) is 70.0 cm³/mol. The van der Waals surface area contributed by atoms with Crippen molar-refractivity contribution in [2.75, 3.05) is 6.54 Å². The molecule has 0 aliphatic heterocycles. The van der Waals surface area contributed by atoms with Crippen molar-refractivity contribution < 1.29 is 9.21 Å². The van der Waals surface area contributed by atoms with E-state index in [4.69, 9.17) is 10.2 Å². The number of hydrogen-bond donors (Lipinski definition) is 2. The minimum atomic E-state index is -0.0627. The van der Waals surface area contributed by atoms with Crippen molar-refractivity contribution in [3.63, 3.8) is 0 Å². The molecule has 100 valence electrons. The van der Waals surface area contributed by atoms with Gasteiger partial charge in [0, 0.05) is 18.5 Å². The van der Waals surface area contributed by atoms with Crippen LogP contribution in [0.3, 0.4) is 0 Å². The summed E-state index contributed by atoms with van der Waals surface area (Å²) in [6.45, 7) is 2.50. The standard InChI is InChI=1S/C14H22N2O2/c1-2-4-10(9-15)14(17)16-12-5-3-6-13-11(12)7-8-18-13/h7-8,10,12H,2-6,9,15H2,1H3,(H,16,17). The number of fused-ring (bicyclic) bond motifs is 1. The first kappa shape index (κ1) is 13.1. The first-order valence-electron chi connectivity index (χ1n) is 6.83. The zero-order chi connectivity index (χ0) is 13.0. The highest BCUT2D eigenvalue weighted by Crippen LogP contribution is 2.30. The van der Waals surface area contributed by atoms with Gasteiger partial charge < -0.3 is 15.5 Å². The third kappa shape index (κ3) is 2.75. The lowest BCUT2D eigenvalue weighted by Crippen LogP contribution is -2.38. The summed E-state index contributed by atoms with van der Waals surface area (Å²) >= 11 is 0. The Labute approximate surface area is 108 Å². The molecule has 0 saturated carbocycles. The molecule has 0 fully saturated rings. The Bertz CT molecular complexity index is 400. The molecule has 2 atom stereocenters. The van der Waals surface area contributed by atoms with Crippen LogP contribution in [0, 0.1) is 5.92 Å². The molecule has 1 aromatic heterocycles. The number of nitrogens with two attached hydrogens (primary N) is 1. The van der Waals surface area contributed by atoms with Gasteiger partial charge in [-0.15, -0.1) is 0 Å². The Hall–Kier alpha value is -1.29. The SMILES string of the molecule is CCCC(CN)C(=O)NC1CCCc2occc21. The minimum absolute atomic E-state index is 0.0627. The van der Waals surface area contributed by atoms with Crippen LogP contribution < -0.4 is 11.1 Å². The fourth-order valence-electron chi connectivity index (χ4n) is 2.63. The van der Waals surface area contributed by atoms with Gasteiger partial charge in [0.15, 0.2) is 0 Å². The smallest absolute Gasteiger partial charge is 0.224 e. The molecule has 1 aromatic rings. The van der Waals surface area contributed by atoms with Crippen LogP contribution in [-0.2, 0) is 11.2 Å². The molecule has 1 aliphatic rings. The van der Waals surface area contributed by atoms with Crippen LogP contribution in [0.5, 0.6) is 0 Å².